The summed E-state index contributed by atoms with van der Waals surface area (Å²) in [5, 5.41) is 24.8. The zero-order valence-corrected chi connectivity index (χ0v) is 12.5. The Morgan fingerprint density at radius 2 is 1.92 bits per heavy atom. The summed E-state index contributed by atoms with van der Waals surface area (Å²) in [7, 11) is 0. The number of rotatable bonds is 5. The molecule has 0 spiro atoms. The van der Waals surface area contributed by atoms with Crippen molar-refractivity contribution in [3.63, 3.8) is 0 Å². The highest BCUT2D eigenvalue weighted by molar-refractivity contribution is 5.91. The minimum Gasteiger partial charge on any atom is -0.259 e. The number of hydrazone groups is 1. The summed E-state index contributed by atoms with van der Waals surface area (Å²) in [5.41, 5.74) is 3.39. The topological polar surface area (TPSA) is 93.3 Å². The van der Waals surface area contributed by atoms with E-state index in [0.29, 0.717) is 11.4 Å². The second kappa shape index (κ2) is 7.10. The van der Waals surface area contributed by atoms with Crippen LogP contribution in [0.3, 0.4) is 0 Å². The van der Waals surface area contributed by atoms with E-state index in [4.69, 9.17) is 0 Å². The molecule has 0 atom stereocenters. The third-order valence-corrected chi connectivity index (χ3v) is 3.31. The molecule has 0 bridgehead atoms. The lowest BCUT2D eigenvalue weighted by Gasteiger charge is -2.02. The van der Waals surface area contributed by atoms with Crippen molar-refractivity contribution in [3.05, 3.63) is 76.5 Å². The van der Waals surface area contributed by atoms with Gasteiger partial charge in [0.1, 0.15) is 0 Å². The van der Waals surface area contributed by atoms with Crippen LogP contribution in [0.5, 0.6) is 0 Å². The Morgan fingerprint density at radius 3 is 2.79 bits per heavy atom. The van der Waals surface area contributed by atoms with Crippen molar-refractivity contribution in [2.24, 2.45) is 5.10 Å². The molecule has 1 N–H and O–H groups in total. The third kappa shape index (κ3) is 3.41. The van der Waals surface area contributed by atoms with Gasteiger partial charge in [-0.15, -0.1) is 5.10 Å². The molecule has 7 nitrogen and oxygen atoms in total. The minimum atomic E-state index is -0.416. The number of hydrogen-bond donors (Lipinski definition) is 1. The summed E-state index contributed by atoms with van der Waals surface area (Å²) >= 11 is 0. The second-order valence-electron chi connectivity index (χ2n) is 4.85. The van der Waals surface area contributed by atoms with Gasteiger partial charge in [-0.05, 0) is 18.2 Å². The van der Waals surface area contributed by atoms with E-state index < -0.39 is 4.92 Å². The summed E-state index contributed by atoms with van der Waals surface area (Å²) in [6, 6.07) is 14.2. The van der Waals surface area contributed by atoms with Gasteiger partial charge in [-0.3, -0.25) is 15.5 Å². The Labute approximate surface area is 137 Å². The molecule has 1 aromatic heterocycles. The van der Waals surface area contributed by atoms with Gasteiger partial charge >= 0.3 is 0 Å². The number of anilines is 1. The van der Waals surface area contributed by atoms with E-state index in [9.17, 15) is 10.1 Å². The van der Waals surface area contributed by atoms with Gasteiger partial charge in [0.15, 0.2) is 5.82 Å². The summed E-state index contributed by atoms with van der Waals surface area (Å²) < 4.78 is 0. The number of nitro groups is 1. The maximum Gasteiger partial charge on any atom is 0.276 e. The summed E-state index contributed by atoms with van der Waals surface area (Å²) in [4.78, 5) is 10.5. The lowest BCUT2D eigenvalue weighted by Crippen LogP contribution is -1.95. The predicted octanol–water partition coefficient (Wildman–Crippen LogP) is 3.65. The summed E-state index contributed by atoms with van der Waals surface area (Å²) in [5.74, 6) is 0.545. The fraction of sp³-hybridized carbons (Fsp3) is 0. The van der Waals surface area contributed by atoms with E-state index in [1.165, 1.54) is 12.3 Å². The number of fused-ring (bicyclic) bond motifs is 1. The number of benzene rings is 2. The SMILES string of the molecule is O=[N+]([O-])c1ccccc1C=CC=NNc1nncc2ccccc12. The van der Waals surface area contributed by atoms with Crippen LogP contribution in [0.1, 0.15) is 5.56 Å². The molecule has 0 radical (unpaired) electrons. The quantitative estimate of drug-likeness (QED) is 0.440. The van der Waals surface area contributed by atoms with Crippen molar-refractivity contribution in [1.82, 2.24) is 10.2 Å². The molecule has 0 amide bonds. The molecular weight excluding hydrogens is 306 g/mol. The molecule has 3 aromatic rings. The molecule has 118 valence electrons. The number of nitrogens with one attached hydrogen (secondary N) is 1. The molecule has 0 aliphatic heterocycles. The van der Waals surface area contributed by atoms with Gasteiger partial charge in [-0.2, -0.15) is 10.2 Å². The third-order valence-electron chi connectivity index (χ3n) is 3.31. The summed E-state index contributed by atoms with van der Waals surface area (Å²) in [6.45, 7) is 0. The largest absolute Gasteiger partial charge is 0.276 e. The monoisotopic (exact) mass is 319 g/mol. The molecule has 0 unspecified atom stereocenters. The van der Waals surface area contributed by atoms with E-state index in [2.05, 4.69) is 20.7 Å². The Balaban J connectivity index is 1.72. The van der Waals surface area contributed by atoms with Crippen LogP contribution in [-0.2, 0) is 0 Å². The number of aromatic nitrogens is 2. The standard InChI is InChI=1S/C17H13N5O2/c23-22(24)16-10-4-2-6-13(16)8-5-11-18-20-17-15-9-3-1-7-14(15)12-19-21-17/h1-12H,(H,20,21). The smallest absolute Gasteiger partial charge is 0.259 e. The van der Waals surface area contributed by atoms with Crippen LogP contribution in [0.2, 0.25) is 0 Å². The molecule has 0 saturated carbocycles. The van der Waals surface area contributed by atoms with Gasteiger partial charge in [0.2, 0.25) is 0 Å². The van der Waals surface area contributed by atoms with Crippen LogP contribution >= 0.6 is 0 Å². The highest BCUT2D eigenvalue weighted by Gasteiger charge is 2.08. The molecular formula is C17H13N5O2. The van der Waals surface area contributed by atoms with E-state index in [1.54, 1.807) is 36.5 Å². The van der Waals surface area contributed by atoms with Gasteiger partial charge < -0.3 is 0 Å². The van der Waals surface area contributed by atoms with Crippen molar-refractivity contribution >= 4 is 34.6 Å². The van der Waals surface area contributed by atoms with Gasteiger partial charge in [0.05, 0.1) is 16.7 Å². The number of para-hydroxylation sites is 1. The van der Waals surface area contributed by atoms with Crippen LogP contribution in [-0.4, -0.2) is 21.3 Å². The highest BCUT2D eigenvalue weighted by Crippen LogP contribution is 2.19. The first-order chi connectivity index (χ1) is 11.8. The van der Waals surface area contributed by atoms with Crippen molar-refractivity contribution in [3.8, 4) is 0 Å². The molecule has 0 aliphatic carbocycles. The van der Waals surface area contributed by atoms with Crippen molar-refractivity contribution < 1.29 is 4.92 Å². The van der Waals surface area contributed by atoms with Crippen LogP contribution in [0.25, 0.3) is 16.8 Å². The molecule has 1 heterocycles. The average Bonchev–Trinajstić information content (AvgIpc) is 2.62. The molecule has 0 fully saturated rings. The fourth-order valence-corrected chi connectivity index (χ4v) is 2.19. The Morgan fingerprint density at radius 1 is 1.12 bits per heavy atom. The average molecular weight is 319 g/mol. The normalized spacial score (nSPS) is 11.3. The molecule has 3 rings (SSSR count). The first-order valence-electron chi connectivity index (χ1n) is 7.15. The molecule has 7 heteroatoms. The predicted molar refractivity (Wildman–Crippen MR) is 93.8 cm³/mol. The van der Waals surface area contributed by atoms with Crippen molar-refractivity contribution in [2.45, 2.75) is 0 Å². The minimum absolute atomic E-state index is 0.0510. The van der Waals surface area contributed by atoms with Crippen LogP contribution < -0.4 is 5.43 Å². The lowest BCUT2D eigenvalue weighted by atomic mass is 10.2. The van der Waals surface area contributed by atoms with Crippen LogP contribution in [0.4, 0.5) is 11.5 Å². The molecule has 24 heavy (non-hydrogen) atoms. The van der Waals surface area contributed by atoms with Gasteiger partial charge in [0.25, 0.3) is 5.69 Å². The number of hydrogen-bond acceptors (Lipinski definition) is 6. The second-order valence-corrected chi connectivity index (χ2v) is 4.85. The van der Waals surface area contributed by atoms with Crippen LogP contribution in [0.15, 0.2) is 65.9 Å². The zero-order chi connectivity index (χ0) is 16.8. The van der Waals surface area contributed by atoms with Crippen molar-refractivity contribution in [2.75, 3.05) is 5.43 Å². The molecule has 0 aliphatic rings. The number of nitro benzene ring substituents is 1. The lowest BCUT2D eigenvalue weighted by molar-refractivity contribution is -0.385. The van der Waals surface area contributed by atoms with Gasteiger partial charge in [-0.25, -0.2) is 0 Å². The Kier molecular flexibility index (Phi) is 4.52. The number of nitrogens with zero attached hydrogens (tertiary/aromatic N) is 4. The highest BCUT2D eigenvalue weighted by atomic mass is 16.6. The molecule has 0 saturated heterocycles. The Hall–Kier alpha value is -3.61. The van der Waals surface area contributed by atoms with E-state index >= 15 is 0 Å². The van der Waals surface area contributed by atoms with Crippen LogP contribution in [0, 0.1) is 10.1 Å². The zero-order valence-electron chi connectivity index (χ0n) is 12.5. The first kappa shape index (κ1) is 15.3. The number of allylic oxidation sites excluding steroid dienone is 1. The Bertz CT molecular complexity index is 932. The first-order valence-corrected chi connectivity index (χ1v) is 7.15. The summed E-state index contributed by atoms with van der Waals surface area (Å²) in [6.07, 6.45) is 6.42. The van der Waals surface area contributed by atoms with E-state index in [-0.39, 0.29) is 5.69 Å². The van der Waals surface area contributed by atoms with E-state index in [0.717, 1.165) is 10.8 Å². The van der Waals surface area contributed by atoms with Gasteiger partial charge in [-0.1, -0.05) is 36.4 Å². The van der Waals surface area contributed by atoms with E-state index in [1.807, 2.05) is 24.3 Å². The molecule has 2 aromatic carbocycles. The maximum atomic E-state index is 10.9. The fourth-order valence-electron chi connectivity index (χ4n) is 2.19. The maximum absolute atomic E-state index is 10.9. The van der Waals surface area contributed by atoms with Gasteiger partial charge in [0, 0.05) is 23.1 Å². The van der Waals surface area contributed by atoms with Crippen molar-refractivity contribution in [1.29, 1.82) is 0 Å².